The maximum atomic E-state index is 14.3. The van der Waals surface area contributed by atoms with Crippen LogP contribution >= 0.6 is 0 Å². The molecule has 2 aromatic carbocycles. The van der Waals surface area contributed by atoms with Gasteiger partial charge < -0.3 is 15.0 Å². The van der Waals surface area contributed by atoms with Crippen LogP contribution in [0, 0.1) is 5.82 Å². The van der Waals surface area contributed by atoms with Crippen molar-refractivity contribution in [2.75, 3.05) is 26.7 Å². The summed E-state index contributed by atoms with van der Waals surface area (Å²) in [6, 6.07) is 11.5. The molecule has 3 aliphatic rings. The van der Waals surface area contributed by atoms with E-state index in [9.17, 15) is 9.18 Å². The average Bonchev–Trinajstić information content (AvgIpc) is 3.66. The molecule has 8 heteroatoms. The number of likely N-dealkylation sites (tertiary alicyclic amines) is 1. The van der Waals surface area contributed by atoms with Crippen LogP contribution in [-0.4, -0.2) is 52.3 Å². The molecule has 208 valence electrons. The molecule has 1 N–H and O–H groups in total. The molecule has 2 aliphatic heterocycles. The zero-order valence-electron chi connectivity index (χ0n) is 23.1. The number of hydrogen-bond donors (Lipinski definition) is 1. The second kappa shape index (κ2) is 10.3. The summed E-state index contributed by atoms with van der Waals surface area (Å²) in [7, 11) is 1.58. The third-order valence-electron chi connectivity index (χ3n) is 8.66. The Morgan fingerprint density at radius 2 is 1.93 bits per heavy atom. The van der Waals surface area contributed by atoms with Crippen molar-refractivity contribution in [3.05, 3.63) is 89.5 Å². The first kappa shape index (κ1) is 25.7. The lowest BCUT2D eigenvalue weighted by molar-refractivity contribution is -0.131. The van der Waals surface area contributed by atoms with E-state index < -0.39 is 0 Å². The second-order valence-corrected chi connectivity index (χ2v) is 11.1. The van der Waals surface area contributed by atoms with Crippen molar-refractivity contribution in [2.24, 2.45) is 0 Å². The Hall–Kier alpha value is -4.30. The molecule has 1 saturated heterocycles. The molecular weight excluding hydrogens is 517 g/mol. The van der Waals surface area contributed by atoms with Crippen molar-refractivity contribution in [3.8, 4) is 39.4 Å². The van der Waals surface area contributed by atoms with Crippen LogP contribution < -0.4 is 10.1 Å². The van der Waals surface area contributed by atoms with E-state index in [-0.39, 0.29) is 17.8 Å². The smallest absolute Gasteiger partial charge is 0.246 e. The Morgan fingerprint density at radius 3 is 2.76 bits per heavy atom. The van der Waals surface area contributed by atoms with Crippen LogP contribution in [-0.2, 0) is 30.6 Å². The van der Waals surface area contributed by atoms with Crippen molar-refractivity contribution < 1.29 is 13.9 Å². The first-order chi connectivity index (χ1) is 20.0. The molecule has 1 aliphatic carbocycles. The van der Waals surface area contributed by atoms with Gasteiger partial charge in [0.2, 0.25) is 5.91 Å². The summed E-state index contributed by atoms with van der Waals surface area (Å²) < 4.78 is 21.9. The number of rotatable bonds is 6. The summed E-state index contributed by atoms with van der Waals surface area (Å²) in [5.74, 6) is 0.0829. The number of halogens is 1. The van der Waals surface area contributed by atoms with Crippen molar-refractivity contribution in [2.45, 2.75) is 38.3 Å². The molecular formula is C33H32FN5O2. The zero-order valence-corrected chi connectivity index (χ0v) is 23.1. The van der Waals surface area contributed by atoms with E-state index in [0.717, 1.165) is 72.4 Å². The van der Waals surface area contributed by atoms with Gasteiger partial charge in [0.05, 0.1) is 30.7 Å². The number of nitrogens with zero attached hydrogens (tertiary/aromatic N) is 4. The molecule has 0 spiro atoms. The lowest BCUT2D eigenvalue weighted by Gasteiger charge is -2.38. The topological polar surface area (TPSA) is 72.3 Å². The van der Waals surface area contributed by atoms with E-state index in [1.807, 2.05) is 17.1 Å². The highest BCUT2D eigenvalue weighted by molar-refractivity contribution is 5.90. The minimum atomic E-state index is -0.339. The number of benzene rings is 2. The lowest BCUT2D eigenvalue weighted by atomic mass is 9.89. The predicted molar refractivity (Wildman–Crippen MR) is 156 cm³/mol. The van der Waals surface area contributed by atoms with Crippen molar-refractivity contribution in [3.63, 3.8) is 0 Å². The normalized spacial score (nSPS) is 16.2. The number of methoxy groups -OCH3 is 1. The van der Waals surface area contributed by atoms with Crippen molar-refractivity contribution in [1.29, 1.82) is 0 Å². The van der Waals surface area contributed by atoms with Gasteiger partial charge in [0.25, 0.3) is 0 Å². The van der Waals surface area contributed by atoms with E-state index >= 15 is 0 Å². The minimum Gasteiger partial charge on any atom is -0.496 e. The van der Waals surface area contributed by atoms with Crippen LogP contribution in [0.25, 0.3) is 33.6 Å². The largest absolute Gasteiger partial charge is 0.496 e. The van der Waals surface area contributed by atoms with Gasteiger partial charge in [0, 0.05) is 54.2 Å². The maximum absolute atomic E-state index is 14.3. The van der Waals surface area contributed by atoms with Gasteiger partial charge in [0.15, 0.2) is 0 Å². The number of aromatic nitrogens is 3. The molecule has 41 heavy (non-hydrogen) atoms. The minimum absolute atomic E-state index is 0.0647. The van der Waals surface area contributed by atoms with E-state index in [0.29, 0.717) is 18.8 Å². The molecule has 0 atom stereocenters. The van der Waals surface area contributed by atoms with E-state index in [2.05, 4.69) is 30.1 Å². The molecule has 0 radical (unpaired) electrons. The van der Waals surface area contributed by atoms with Gasteiger partial charge in [-0.05, 0) is 78.8 Å². The third kappa shape index (κ3) is 4.43. The fraction of sp³-hybridized carbons (Fsp3) is 0.303. The number of fused-ring (bicyclic) bond motifs is 2. The summed E-state index contributed by atoms with van der Waals surface area (Å²) in [5.41, 5.74) is 10.9. The molecule has 1 amide bonds. The Labute approximate surface area is 238 Å². The Kier molecular flexibility index (Phi) is 6.43. The van der Waals surface area contributed by atoms with Gasteiger partial charge in [-0.2, -0.15) is 5.10 Å². The molecule has 0 unspecified atom stereocenters. The van der Waals surface area contributed by atoms with Crippen molar-refractivity contribution >= 4 is 5.91 Å². The Bertz CT molecular complexity index is 1690. The molecule has 4 heterocycles. The number of nitrogens with one attached hydrogen (secondary N) is 1. The first-order valence-electron chi connectivity index (χ1n) is 14.2. The number of carbonyl (C=O) groups is 1. The highest BCUT2D eigenvalue weighted by Crippen LogP contribution is 2.46. The predicted octanol–water partition coefficient (Wildman–Crippen LogP) is 5.13. The summed E-state index contributed by atoms with van der Waals surface area (Å²) >= 11 is 0. The molecule has 2 aromatic heterocycles. The molecule has 0 bridgehead atoms. The number of ether oxygens (including phenoxy) is 1. The summed E-state index contributed by atoms with van der Waals surface area (Å²) in [6.45, 7) is 6.65. The SMILES string of the molecule is C=CC(=O)N1CC(n2cc(-c3nc(-c4ccc5c(c4)CCNC5)c4c(c3-c3ccc(F)cc3OC)CCC4)cn2)C1. The van der Waals surface area contributed by atoms with Gasteiger partial charge >= 0.3 is 0 Å². The number of carbonyl (C=O) groups excluding carboxylic acids is 1. The number of amides is 1. The highest BCUT2D eigenvalue weighted by Gasteiger charge is 2.32. The van der Waals surface area contributed by atoms with Crippen LogP contribution in [0.4, 0.5) is 4.39 Å². The van der Waals surface area contributed by atoms with Gasteiger partial charge in [-0.1, -0.05) is 18.7 Å². The van der Waals surface area contributed by atoms with Crippen LogP contribution in [0.3, 0.4) is 0 Å². The zero-order chi connectivity index (χ0) is 28.1. The monoisotopic (exact) mass is 549 g/mol. The maximum Gasteiger partial charge on any atom is 0.246 e. The second-order valence-electron chi connectivity index (χ2n) is 11.1. The van der Waals surface area contributed by atoms with E-state index in [4.69, 9.17) is 14.8 Å². The summed E-state index contributed by atoms with van der Waals surface area (Å²) in [4.78, 5) is 19.1. The number of pyridine rings is 1. The summed E-state index contributed by atoms with van der Waals surface area (Å²) in [5, 5.41) is 8.15. The third-order valence-corrected chi connectivity index (χ3v) is 8.66. The van der Waals surface area contributed by atoms with Crippen molar-refractivity contribution in [1.82, 2.24) is 25.0 Å². The van der Waals surface area contributed by atoms with E-state index in [1.165, 1.54) is 40.5 Å². The molecule has 7 nitrogen and oxygen atoms in total. The lowest BCUT2D eigenvalue weighted by Crippen LogP contribution is -2.50. The van der Waals surface area contributed by atoms with Gasteiger partial charge in [-0.25, -0.2) is 9.37 Å². The standard InChI is InChI=1S/C33H32FN5O2/c1-3-30(40)38-18-25(19-38)39-17-23(16-36-39)33-31(28-10-9-24(34)14-29(28)41-2)26-5-4-6-27(26)32(37-33)21-7-8-22-15-35-12-11-20(22)13-21/h3,7-10,13-14,16-17,25,35H,1,4-6,11-12,15,18-19H2,2H3. The van der Waals surface area contributed by atoms with Crippen LogP contribution in [0.2, 0.25) is 0 Å². The highest BCUT2D eigenvalue weighted by atomic mass is 19.1. The fourth-order valence-corrected chi connectivity index (χ4v) is 6.48. The molecule has 1 fully saturated rings. The van der Waals surface area contributed by atoms with Crippen LogP contribution in [0.15, 0.2) is 61.4 Å². The van der Waals surface area contributed by atoms with Gasteiger partial charge in [0.1, 0.15) is 11.6 Å². The first-order valence-corrected chi connectivity index (χ1v) is 14.2. The fourth-order valence-electron chi connectivity index (χ4n) is 6.48. The Balaban J connectivity index is 1.39. The number of hydrogen-bond acceptors (Lipinski definition) is 5. The van der Waals surface area contributed by atoms with Gasteiger partial charge in [-0.3, -0.25) is 9.48 Å². The molecule has 0 saturated carbocycles. The van der Waals surface area contributed by atoms with Gasteiger partial charge in [-0.15, -0.1) is 0 Å². The van der Waals surface area contributed by atoms with E-state index in [1.54, 1.807) is 18.1 Å². The van der Waals surface area contributed by atoms with Crippen LogP contribution in [0.5, 0.6) is 5.75 Å². The summed E-state index contributed by atoms with van der Waals surface area (Å²) in [6.07, 6.45) is 9.12. The average molecular weight is 550 g/mol. The Morgan fingerprint density at radius 1 is 1.07 bits per heavy atom. The molecule has 7 rings (SSSR count). The van der Waals surface area contributed by atoms with Crippen LogP contribution in [0.1, 0.15) is 34.7 Å². The quantitative estimate of drug-likeness (QED) is 0.338. The molecule has 4 aromatic rings.